The Labute approximate surface area is 251 Å². The lowest BCUT2D eigenvalue weighted by molar-refractivity contribution is -0.125. The van der Waals surface area contributed by atoms with Gasteiger partial charge in [0.25, 0.3) is 0 Å². The van der Waals surface area contributed by atoms with Crippen LogP contribution in [0.4, 0.5) is 11.4 Å². The van der Waals surface area contributed by atoms with E-state index in [1.807, 2.05) is 0 Å². The Hall–Kier alpha value is -1.64. The summed E-state index contributed by atoms with van der Waals surface area (Å²) in [5, 5.41) is 6.15. The summed E-state index contributed by atoms with van der Waals surface area (Å²) in [5.74, 6) is -2.10. The SMILES string of the molecule is O=C(CN1C2CS(=O)(=O)CC2N(CC(=O)Nc2cccc(Cl)c2Cl)C2CS(=O)(=O)CC21)Nc1cccc(Cl)c1Cl. The molecule has 2 N–H and O–H groups in total. The summed E-state index contributed by atoms with van der Waals surface area (Å²) in [4.78, 5) is 29.5. The molecule has 0 saturated carbocycles. The fourth-order valence-corrected chi connectivity index (χ4v) is 10.5. The summed E-state index contributed by atoms with van der Waals surface area (Å²) in [6.45, 7) is -0.539. The van der Waals surface area contributed by atoms with E-state index in [2.05, 4.69) is 10.6 Å². The van der Waals surface area contributed by atoms with Crippen LogP contribution in [0.3, 0.4) is 0 Å². The highest BCUT2D eigenvalue weighted by Crippen LogP contribution is 2.38. The Morgan fingerprint density at radius 3 is 1.30 bits per heavy atom. The number of nitrogens with one attached hydrogen (secondary N) is 2. The molecule has 0 spiro atoms. The summed E-state index contributed by atoms with van der Waals surface area (Å²) in [7, 11) is -7.08. The molecule has 2 aromatic rings. The van der Waals surface area contributed by atoms with Crippen LogP contribution in [-0.2, 0) is 29.3 Å². The maximum absolute atomic E-state index is 13.1. The zero-order valence-corrected chi connectivity index (χ0v) is 25.3. The molecule has 3 heterocycles. The fourth-order valence-electron chi connectivity index (χ4n) is 5.76. The number of piperazine rings is 1. The van der Waals surface area contributed by atoms with Crippen molar-refractivity contribution in [2.24, 2.45) is 0 Å². The first-order valence-corrected chi connectivity index (χ1v) is 17.3. The van der Waals surface area contributed by atoms with Crippen molar-refractivity contribution in [2.75, 3.05) is 46.7 Å². The number of amides is 2. The van der Waals surface area contributed by atoms with Crippen molar-refractivity contribution in [1.29, 1.82) is 0 Å². The number of sulfone groups is 2. The van der Waals surface area contributed by atoms with E-state index in [4.69, 9.17) is 46.4 Å². The van der Waals surface area contributed by atoms with Gasteiger partial charge in [-0.2, -0.15) is 0 Å². The highest BCUT2D eigenvalue weighted by Gasteiger charge is 2.58. The van der Waals surface area contributed by atoms with Gasteiger partial charge in [0.2, 0.25) is 11.8 Å². The Kier molecular flexibility index (Phi) is 8.37. The van der Waals surface area contributed by atoms with Gasteiger partial charge in [-0.3, -0.25) is 19.4 Å². The summed E-state index contributed by atoms with van der Waals surface area (Å²) < 4.78 is 51.3. The van der Waals surface area contributed by atoms with E-state index < -0.39 is 55.7 Å². The quantitative estimate of drug-likeness (QED) is 0.480. The predicted molar refractivity (Wildman–Crippen MR) is 156 cm³/mol. The van der Waals surface area contributed by atoms with Crippen molar-refractivity contribution in [2.45, 2.75) is 24.2 Å². The number of hydrogen-bond acceptors (Lipinski definition) is 8. The van der Waals surface area contributed by atoms with Gasteiger partial charge >= 0.3 is 0 Å². The zero-order chi connectivity index (χ0) is 29.0. The lowest BCUT2D eigenvalue weighted by atomic mass is 9.94. The average molecular weight is 670 g/mol. The van der Waals surface area contributed by atoms with Gasteiger partial charge in [0.05, 0.1) is 67.6 Å². The molecule has 40 heavy (non-hydrogen) atoms. The summed E-state index contributed by atoms with van der Waals surface area (Å²) in [6.07, 6.45) is 0. The summed E-state index contributed by atoms with van der Waals surface area (Å²) in [6, 6.07) is 6.68. The number of halogens is 4. The van der Waals surface area contributed by atoms with Crippen LogP contribution in [-0.4, -0.2) is 98.7 Å². The summed E-state index contributed by atoms with van der Waals surface area (Å²) in [5.41, 5.74) is 0.556. The Bertz CT molecular complexity index is 1440. The van der Waals surface area contributed by atoms with Gasteiger partial charge in [-0.25, -0.2) is 16.8 Å². The third-order valence-corrected chi connectivity index (χ3v) is 12.4. The van der Waals surface area contributed by atoms with Crippen molar-refractivity contribution < 1.29 is 26.4 Å². The molecule has 3 fully saturated rings. The van der Waals surface area contributed by atoms with E-state index in [1.54, 1.807) is 46.2 Å². The van der Waals surface area contributed by atoms with Gasteiger partial charge in [-0.1, -0.05) is 58.5 Å². The van der Waals surface area contributed by atoms with Gasteiger partial charge in [0.15, 0.2) is 19.7 Å². The van der Waals surface area contributed by atoms with Crippen molar-refractivity contribution >= 4 is 89.3 Å². The number of hydrogen-bond donors (Lipinski definition) is 2. The number of carbonyl (C=O) groups excluding carboxylic acids is 2. The maximum Gasteiger partial charge on any atom is 0.238 e. The molecule has 0 bridgehead atoms. The molecular formula is C24H24Cl4N4O6S2. The fraction of sp³-hybridized carbons (Fsp3) is 0.417. The molecule has 216 valence electrons. The first kappa shape index (κ1) is 29.8. The Balaban J connectivity index is 1.42. The molecule has 10 nitrogen and oxygen atoms in total. The standard InChI is InChI=1S/C24H24Cl4N4O6S2/c25-13-3-1-5-15(23(13)27)29-21(33)7-31-17-9-39(35,36)11-19(17)32(20-12-40(37,38)10-18(20)31)8-22(34)30-16-6-2-4-14(26)24(16)28/h1-6,17-20H,7-12H2,(H,29,33)(H,30,34). The topological polar surface area (TPSA) is 133 Å². The molecule has 0 aromatic heterocycles. The van der Waals surface area contributed by atoms with Gasteiger partial charge in [0.1, 0.15) is 0 Å². The van der Waals surface area contributed by atoms with Gasteiger partial charge in [0, 0.05) is 24.2 Å². The van der Waals surface area contributed by atoms with Gasteiger partial charge in [-0.15, -0.1) is 0 Å². The molecule has 3 aliphatic heterocycles. The molecule has 0 radical (unpaired) electrons. The lowest BCUT2D eigenvalue weighted by Crippen LogP contribution is -2.69. The third-order valence-electron chi connectivity index (χ3n) is 7.39. The minimum Gasteiger partial charge on any atom is -0.324 e. The zero-order valence-electron chi connectivity index (χ0n) is 20.7. The van der Waals surface area contributed by atoms with E-state index in [0.29, 0.717) is 0 Å². The molecular weight excluding hydrogens is 646 g/mol. The average Bonchev–Trinajstić information content (AvgIpc) is 3.36. The van der Waals surface area contributed by atoms with Crippen LogP contribution in [0.25, 0.3) is 0 Å². The van der Waals surface area contributed by atoms with E-state index >= 15 is 0 Å². The molecule has 4 unspecified atom stereocenters. The van der Waals surface area contributed by atoms with Crippen LogP contribution in [0.2, 0.25) is 20.1 Å². The van der Waals surface area contributed by atoms with Crippen LogP contribution in [0, 0.1) is 0 Å². The largest absolute Gasteiger partial charge is 0.324 e. The third kappa shape index (κ3) is 6.10. The maximum atomic E-state index is 13.1. The number of benzene rings is 2. The molecule has 3 saturated heterocycles. The molecule has 5 rings (SSSR count). The minimum atomic E-state index is -3.54. The monoisotopic (exact) mass is 668 g/mol. The highest BCUT2D eigenvalue weighted by molar-refractivity contribution is 7.92. The summed E-state index contributed by atoms with van der Waals surface area (Å²) >= 11 is 24.5. The Morgan fingerprint density at radius 1 is 0.650 bits per heavy atom. The van der Waals surface area contributed by atoms with E-state index in [0.717, 1.165) is 0 Å². The molecule has 3 aliphatic rings. The van der Waals surface area contributed by atoms with E-state index in [-0.39, 0.29) is 67.6 Å². The second kappa shape index (κ2) is 11.2. The minimum absolute atomic E-state index is 0.149. The number of carbonyl (C=O) groups is 2. The van der Waals surface area contributed by atoms with Crippen LogP contribution in [0.15, 0.2) is 36.4 Å². The van der Waals surface area contributed by atoms with Crippen LogP contribution in [0.5, 0.6) is 0 Å². The molecule has 0 aliphatic carbocycles. The van der Waals surface area contributed by atoms with Crippen molar-refractivity contribution in [3.63, 3.8) is 0 Å². The second-order valence-corrected chi connectivity index (χ2v) is 15.9. The predicted octanol–water partition coefficient (Wildman–Crippen LogP) is 2.83. The van der Waals surface area contributed by atoms with Gasteiger partial charge < -0.3 is 10.6 Å². The van der Waals surface area contributed by atoms with Crippen molar-refractivity contribution in [1.82, 2.24) is 9.80 Å². The lowest BCUT2D eigenvalue weighted by Gasteiger charge is -2.50. The van der Waals surface area contributed by atoms with Crippen LogP contribution >= 0.6 is 46.4 Å². The number of nitrogens with zero attached hydrogens (tertiary/aromatic N) is 2. The highest BCUT2D eigenvalue weighted by atomic mass is 35.5. The molecule has 16 heteroatoms. The molecule has 2 amide bonds. The second-order valence-electron chi connectivity index (χ2n) is 10.1. The number of anilines is 2. The number of rotatable bonds is 6. The first-order valence-electron chi connectivity index (χ1n) is 12.1. The normalized spacial score (nSPS) is 27.1. The molecule has 2 aromatic carbocycles. The molecule has 4 atom stereocenters. The smallest absolute Gasteiger partial charge is 0.238 e. The van der Waals surface area contributed by atoms with Crippen molar-refractivity contribution in [3.8, 4) is 0 Å². The van der Waals surface area contributed by atoms with Crippen LogP contribution in [0.1, 0.15) is 0 Å². The van der Waals surface area contributed by atoms with E-state index in [9.17, 15) is 26.4 Å². The number of fused-ring (bicyclic) bond motifs is 2. The first-order chi connectivity index (χ1) is 18.7. The van der Waals surface area contributed by atoms with Crippen molar-refractivity contribution in [3.05, 3.63) is 56.5 Å². The van der Waals surface area contributed by atoms with Gasteiger partial charge in [-0.05, 0) is 24.3 Å². The Morgan fingerprint density at radius 2 is 0.975 bits per heavy atom. The van der Waals surface area contributed by atoms with Crippen LogP contribution < -0.4 is 10.6 Å². The van der Waals surface area contributed by atoms with E-state index in [1.165, 1.54) is 0 Å².